The van der Waals surface area contributed by atoms with Crippen molar-refractivity contribution in [3.8, 4) is 11.1 Å². The van der Waals surface area contributed by atoms with Crippen LogP contribution in [0, 0.1) is 6.92 Å². The highest BCUT2D eigenvalue weighted by Crippen LogP contribution is 2.28. The van der Waals surface area contributed by atoms with E-state index in [0.29, 0.717) is 17.5 Å². The van der Waals surface area contributed by atoms with E-state index < -0.39 is 15.9 Å². The number of sulfonamides is 1. The molecule has 1 amide bonds. The van der Waals surface area contributed by atoms with E-state index in [1.165, 1.54) is 12.1 Å². The lowest BCUT2D eigenvalue weighted by Gasteiger charge is -2.15. The summed E-state index contributed by atoms with van der Waals surface area (Å²) < 4.78 is 28.6. The van der Waals surface area contributed by atoms with Gasteiger partial charge < -0.3 is 5.32 Å². The van der Waals surface area contributed by atoms with E-state index >= 15 is 0 Å². The first-order chi connectivity index (χ1) is 16.4. The Kier molecular flexibility index (Phi) is 6.56. The van der Waals surface area contributed by atoms with Gasteiger partial charge in [-0.1, -0.05) is 66.2 Å². The first kappa shape index (κ1) is 22.9. The SMILES string of the molecule is Cc1ccc(S(=O)(=O)Nc2ccc(-c3ccccc3)cc2C(=O)Nc2ccccc2C=O)cc1. The topological polar surface area (TPSA) is 92.3 Å². The molecule has 0 aliphatic heterocycles. The third-order valence-corrected chi connectivity index (χ3v) is 6.66. The molecule has 0 spiro atoms. The molecule has 170 valence electrons. The zero-order valence-electron chi connectivity index (χ0n) is 18.4. The third-order valence-electron chi connectivity index (χ3n) is 5.28. The van der Waals surface area contributed by atoms with Gasteiger partial charge in [0.15, 0.2) is 6.29 Å². The number of aldehydes is 1. The summed E-state index contributed by atoms with van der Waals surface area (Å²) in [6.07, 6.45) is 0.650. The van der Waals surface area contributed by atoms with Crippen molar-refractivity contribution in [2.75, 3.05) is 10.0 Å². The van der Waals surface area contributed by atoms with E-state index in [-0.39, 0.29) is 16.1 Å². The van der Waals surface area contributed by atoms with Gasteiger partial charge in [-0.3, -0.25) is 14.3 Å². The molecule has 4 aromatic carbocycles. The highest BCUT2D eigenvalue weighted by Gasteiger charge is 2.20. The van der Waals surface area contributed by atoms with Crippen LogP contribution in [0.1, 0.15) is 26.3 Å². The van der Waals surface area contributed by atoms with E-state index in [1.54, 1.807) is 54.6 Å². The van der Waals surface area contributed by atoms with Gasteiger partial charge in [-0.05, 0) is 54.4 Å². The summed E-state index contributed by atoms with van der Waals surface area (Å²) in [4.78, 5) is 24.8. The van der Waals surface area contributed by atoms with Gasteiger partial charge in [-0.25, -0.2) is 8.42 Å². The highest BCUT2D eigenvalue weighted by molar-refractivity contribution is 7.92. The maximum Gasteiger partial charge on any atom is 0.261 e. The molecule has 0 saturated carbocycles. The van der Waals surface area contributed by atoms with Crippen LogP contribution in [0.5, 0.6) is 0 Å². The Morgan fingerprint density at radius 2 is 1.44 bits per heavy atom. The number of carbonyl (C=O) groups excluding carboxylic acids is 2. The molecule has 6 nitrogen and oxygen atoms in total. The van der Waals surface area contributed by atoms with E-state index in [2.05, 4.69) is 10.0 Å². The first-order valence-electron chi connectivity index (χ1n) is 10.5. The largest absolute Gasteiger partial charge is 0.321 e. The molecule has 0 radical (unpaired) electrons. The molecule has 0 atom stereocenters. The Morgan fingerprint density at radius 3 is 2.15 bits per heavy atom. The van der Waals surface area contributed by atoms with Gasteiger partial charge in [0.1, 0.15) is 0 Å². The average Bonchev–Trinajstić information content (AvgIpc) is 2.85. The first-order valence-corrected chi connectivity index (χ1v) is 12.0. The molecule has 7 heteroatoms. The predicted molar refractivity (Wildman–Crippen MR) is 134 cm³/mol. The lowest BCUT2D eigenvalue weighted by molar-refractivity contribution is 0.102. The molecular formula is C27H22N2O4S. The fraction of sp³-hybridized carbons (Fsp3) is 0.0370. The monoisotopic (exact) mass is 470 g/mol. The van der Waals surface area contributed by atoms with Crippen molar-refractivity contribution in [1.82, 2.24) is 0 Å². The van der Waals surface area contributed by atoms with E-state index in [0.717, 1.165) is 16.7 Å². The van der Waals surface area contributed by atoms with Crippen molar-refractivity contribution in [1.29, 1.82) is 0 Å². The summed E-state index contributed by atoms with van der Waals surface area (Å²) in [5, 5.41) is 2.72. The van der Waals surface area contributed by atoms with Gasteiger partial charge in [0.2, 0.25) is 0 Å². The molecule has 0 aliphatic rings. The minimum atomic E-state index is -3.94. The smallest absolute Gasteiger partial charge is 0.261 e. The second-order valence-electron chi connectivity index (χ2n) is 7.70. The molecule has 0 fully saturated rings. The molecule has 0 aliphatic carbocycles. The van der Waals surface area contributed by atoms with Gasteiger partial charge >= 0.3 is 0 Å². The van der Waals surface area contributed by atoms with E-state index in [9.17, 15) is 18.0 Å². The van der Waals surface area contributed by atoms with Gasteiger partial charge in [0.05, 0.1) is 21.8 Å². The number of hydrogen-bond acceptors (Lipinski definition) is 4. The summed E-state index contributed by atoms with van der Waals surface area (Å²) in [7, 11) is -3.94. The quantitative estimate of drug-likeness (QED) is 0.348. The summed E-state index contributed by atoms with van der Waals surface area (Å²) in [5.41, 5.74) is 3.45. The molecule has 34 heavy (non-hydrogen) atoms. The van der Waals surface area contributed by atoms with Crippen LogP contribution in [0.2, 0.25) is 0 Å². The molecule has 0 saturated heterocycles. The van der Waals surface area contributed by atoms with Crippen LogP contribution in [-0.2, 0) is 10.0 Å². The van der Waals surface area contributed by atoms with Crippen LogP contribution in [-0.4, -0.2) is 20.6 Å². The standard InChI is InChI=1S/C27H22N2O4S/c1-19-11-14-23(15-12-19)34(32,33)29-26-16-13-21(20-7-3-2-4-8-20)17-24(26)27(31)28-25-10-6-5-9-22(25)18-30/h2-18,29H,1H3,(H,28,31). The third kappa shape index (κ3) is 5.05. The van der Waals surface area contributed by atoms with Gasteiger partial charge in [-0.15, -0.1) is 0 Å². The van der Waals surface area contributed by atoms with Gasteiger partial charge in [-0.2, -0.15) is 0 Å². The zero-order valence-corrected chi connectivity index (χ0v) is 19.2. The van der Waals surface area contributed by atoms with Crippen molar-refractivity contribution >= 4 is 33.6 Å². The number of benzene rings is 4. The van der Waals surface area contributed by atoms with Crippen molar-refractivity contribution in [3.63, 3.8) is 0 Å². The Bertz CT molecular complexity index is 1450. The maximum absolute atomic E-state index is 13.3. The summed E-state index contributed by atoms with van der Waals surface area (Å²) in [6, 6.07) is 27.4. The van der Waals surface area contributed by atoms with Crippen molar-refractivity contribution in [2.24, 2.45) is 0 Å². The van der Waals surface area contributed by atoms with Crippen molar-refractivity contribution in [2.45, 2.75) is 11.8 Å². The second kappa shape index (κ2) is 9.72. The Labute approximate surface area is 198 Å². The van der Waals surface area contributed by atoms with E-state index in [1.807, 2.05) is 37.3 Å². The van der Waals surface area contributed by atoms with Crippen LogP contribution in [0.15, 0.2) is 102 Å². The van der Waals surface area contributed by atoms with E-state index in [4.69, 9.17) is 0 Å². The number of para-hydroxylation sites is 1. The fourth-order valence-corrected chi connectivity index (χ4v) is 4.54. The Balaban J connectivity index is 1.75. The van der Waals surface area contributed by atoms with Crippen LogP contribution >= 0.6 is 0 Å². The normalized spacial score (nSPS) is 11.0. The van der Waals surface area contributed by atoms with Crippen LogP contribution < -0.4 is 10.0 Å². The summed E-state index contributed by atoms with van der Waals surface area (Å²) in [5.74, 6) is -0.548. The molecule has 4 aromatic rings. The van der Waals surface area contributed by atoms with Crippen LogP contribution in [0.3, 0.4) is 0 Å². The molecule has 4 rings (SSSR count). The number of rotatable bonds is 7. The minimum absolute atomic E-state index is 0.0860. The van der Waals surface area contributed by atoms with Crippen molar-refractivity contribution < 1.29 is 18.0 Å². The number of nitrogens with one attached hydrogen (secondary N) is 2. The number of amides is 1. The Hall–Kier alpha value is -4.23. The minimum Gasteiger partial charge on any atom is -0.321 e. The predicted octanol–water partition coefficient (Wildman–Crippen LogP) is 5.53. The molecule has 0 unspecified atom stereocenters. The second-order valence-corrected chi connectivity index (χ2v) is 9.39. The molecule has 2 N–H and O–H groups in total. The summed E-state index contributed by atoms with van der Waals surface area (Å²) in [6.45, 7) is 1.87. The van der Waals surface area contributed by atoms with Gasteiger partial charge in [0, 0.05) is 5.56 Å². The Morgan fingerprint density at radius 1 is 0.765 bits per heavy atom. The molecule has 0 bridgehead atoms. The summed E-state index contributed by atoms with van der Waals surface area (Å²) >= 11 is 0. The van der Waals surface area contributed by atoms with Crippen molar-refractivity contribution in [3.05, 3.63) is 114 Å². The highest BCUT2D eigenvalue weighted by atomic mass is 32.2. The number of anilines is 2. The molecular weight excluding hydrogens is 448 g/mol. The average molecular weight is 471 g/mol. The molecule has 0 aromatic heterocycles. The lowest BCUT2D eigenvalue weighted by atomic mass is 10.0. The number of hydrogen-bond donors (Lipinski definition) is 2. The van der Waals surface area contributed by atoms with Crippen LogP contribution in [0.25, 0.3) is 11.1 Å². The van der Waals surface area contributed by atoms with Gasteiger partial charge in [0.25, 0.3) is 15.9 Å². The fourth-order valence-electron chi connectivity index (χ4n) is 3.46. The molecule has 0 heterocycles. The lowest BCUT2D eigenvalue weighted by Crippen LogP contribution is -2.19. The maximum atomic E-state index is 13.3. The zero-order chi connectivity index (χ0) is 24.1. The number of aryl methyl sites for hydroxylation is 1. The van der Waals surface area contributed by atoms with Crippen LogP contribution in [0.4, 0.5) is 11.4 Å². The number of carbonyl (C=O) groups is 2.